The van der Waals surface area contributed by atoms with Crippen LogP contribution in [0.4, 0.5) is 0 Å². The largest absolute Gasteiger partial charge is 0.491 e. The number of ether oxygens (including phenoxy) is 1. The second-order valence-corrected chi connectivity index (χ2v) is 3.32. The molecule has 2 nitrogen and oxygen atoms in total. The van der Waals surface area contributed by atoms with Crippen LogP contribution < -0.4 is 0 Å². The zero-order valence-electron chi connectivity index (χ0n) is 8.07. The maximum absolute atomic E-state index is 8.68. The molecule has 0 aromatic carbocycles. The summed E-state index contributed by atoms with van der Waals surface area (Å²) in [4.78, 5) is 0. The number of hydrogen-bond acceptors (Lipinski definition) is 2. The van der Waals surface area contributed by atoms with Gasteiger partial charge in [0.2, 0.25) is 0 Å². The van der Waals surface area contributed by atoms with Crippen molar-refractivity contribution in [2.24, 2.45) is 0 Å². The molecule has 1 N–H and O–H groups in total. The van der Waals surface area contributed by atoms with E-state index >= 15 is 0 Å². The molecule has 2 aliphatic rings. The van der Waals surface area contributed by atoms with Crippen molar-refractivity contribution in [1.82, 2.24) is 0 Å². The molecule has 0 atom stereocenters. The van der Waals surface area contributed by atoms with Gasteiger partial charge in [-0.3, -0.25) is 0 Å². The molecule has 0 heterocycles. The molecule has 0 amide bonds. The van der Waals surface area contributed by atoms with E-state index in [0.29, 0.717) is 6.61 Å². The van der Waals surface area contributed by atoms with E-state index in [4.69, 9.17) is 9.84 Å². The monoisotopic (exact) mass is 190 g/mol. The predicted molar refractivity (Wildman–Crippen MR) is 55.7 cm³/mol. The summed E-state index contributed by atoms with van der Waals surface area (Å²) < 4.78 is 5.45. The van der Waals surface area contributed by atoms with Gasteiger partial charge in [0.25, 0.3) is 0 Å². The van der Waals surface area contributed by atoms with Crippen LogP contribution >= 0.6 is 0 Å². The van der Waals surface area contributed by atoms with E-state index in [1.54, 1.807) is 0 Å². The number of hydrogen-bond donors (Lipinski definition) is 1. The Morgan fingerprint density at radius 1 is 1.29 bits per heavy atom. The van der Waals surface area contributed by atoms with Crippen LogP contribution in [0.25, 0.3) is 0 Å². The molecular weight excluding hydrogens is 176 g/mol. The number of aliphatic hydroxyl groups is 1. The second kappa shape index (κ2) is 4.29. The highest BCUT2D eigenvalue weighted by Crippen LogP contribution is 2.29. The molecule has 0 aromatic heterocycles. The minimum atomic E-state index is 0.0690. The Hall–Kier alpha value is -1.28. The molecule has 0 aliphatic heterocycles. The van der Waals surface area contributed by atoms with Gasteiger partial charge >= 0.3 is 0 Å². The van der Waals surface area contributed by atoms with Crippen molar-refractivity contribution in [2.45, 2.75) is 12.8 Å². The van der Waals surface area contributed by atoms with Crippen molar-refractivity contribution in [3.8, 4) is 0 Å². The van der Waals surface area contributed by atoms with E-state index in [0.717, 1.165) is 18.6 Å². The Labute approximate surface area is 83.9 Å². The van der Waals surface area contributed by atoms with Gasteiger partial charge in [-0.1, -0.05) is 24.3 Å². The molecule has 0 bridgehead atoms. The summed E-state index contributed by atoms with van der Waals surface area (Å²) in [6, 6.07) is 0. The zero-order valence-corrected chi connectivity index (χ0v) is 8.07. The second-order valence-electron chi connectivity index (χ2n) is 3.32. The maximum atomic E-state index is 8.68. The van der Waals surface area contributed by atoms with Crippen LogP contribution in [0.1, 0.15) is 12.8 Å². The first-order chi connectivity index (χ1) is 6.92. The van der Waals surface area contributed by atoms with E-state index in [1.807, 2.05) is 6.08 Å². The van der Waals surface area contributed by atoms with Crippen LogP contribution in [-0.2, 0) is 4.74 Å². The first-order valence-electron chi connectivity index (χ1n) is 4.92. The van der Waals surface area contributed by atoms with Crippen molar-refractivity contribution >= 4 is 0 Å². The van der Waals surface area contributed by atoms with Gasteiger partial charge in [0.1, 0.15) is 12.4 Å². The van der Waals surface area contributed by atoms with Crippen LogP contribution in [0.15, 0.2) is 47.3 Å². The van der Waals surface area contributed by atoms with Gasteiger partial charge in [-0.2, -0.15) is 0 Å². The van der Waals surface area contributed by atoms with E-state index in [-0.39, 0.29) is 6.61 Å². The minimum Gasteiger partial charge on any atom is -0.491 e. The standard InChI is InChI=1S/C12H14O2/c13-8-9-14-12-7-3-6-11(12)10-4-1-2-5-10/h1,3-5,7,13H,2,6,8-9H2. The molecule has 0 unspecified atom stereocenters. The lowest BCUT2D eigenvalue weighted by atomic mass is 10.1. The third-order valence-corrected chi connectivity index (χ3v) is 2.36. The fourth-order valence-electron chi connectivity index (χ4n) is 1.72. The lowest BCUT2D eigenvalue weighted by molar-refractivity contribution is 0.151. The average molecular weight is 190 g/mol. The zero-order chi connectivity index (χ0) is 9.80. The normalized spacial score (nSPS) is 19.4. The molecular formula is C12H14O2. The first kappa shape index (κ1) is 9.28. The molecule has 2 aliphatic carbocycles. The van der Waals surface area contributed by atoms with Crippen LogP contribution in [0.5, 0.6) is 0 Å². The molecule has 0 aromatic rings. The van der Waals surface area contributed by atoms with Gasteiger partial charge in [-0.05, 0) is 24.5 Å². The topological polar surface area (TPSA) is 29.5 Å². The SMILES string of the molecule is OCCOC1=C(C2=CCC=C2)CC=C1. The van der Waals surface area contributed by atoms with Crippen molar-refractivity contribution < 1.29 is 9.84 Å². The third-order valence-electron chi connectivity index (χ3n) is 2.36. The summed E-state index contributed by atoms with van der Waals surface area (Å²) in [7, 11) is 0. The van der Waals surface area contributed by atoms with Crippen molar-refractivity contribution in [1.29, 1.82) is 0 Å². The predicted octanol–water partition coefficient (Wildman–Crippen LogP) is 2.10. The quantitative estimate of drug-likeness (QED) is 0.735. The average Bonchev–Trinajstić information content (AvgIpc) is 2.84. The third kappa shape index (κ3) is 1.80. The molecule has 14 heavy (non-hydrogen) atoms. The Morgan fingerprint density at radius 3 is 2.93 bits per heavy atom. The van der Waals surface area contributed by atoms with Crippen molar-refractivity contribution in [2.75, 3.05) is 13.2 Å². The highest BCUT2D eigenvalue weighted by Gasteiger charge is 2.14. The lowest BCUT2D eigenvalue weighted by Gasteiger charge is -2.08. The molecule has 74 valence electrons. The van der Waals surface area contributed by atoms with Gasteiger partial charge in [0, 0.05) is 5.57 Å². The first-order valence-corrected chi connectivity index (χ1v) is 4.92. The number of allylic oxidation sites excluding steroid dienone is 7. The van der Waals surface area contributed by atoms with E-state index < -0.39 is 0 Å². The summed E-state index contributed by atoms with van der Waals surface area (Å²) in [5.74, 6) is 0.914. The molecule has 0 spiro atoms. The minimum absolute atomic E-state index is 0.0690. The lowest BCUT2D eigenvalue weighted by Crippen LogP contribution is -1.99. The Bertz CT molecular complexity index is 332. The Kier molecular flexibility index (Phi) is 2.84. The summed E-state index contributed by atoms with van der Waals surface area (Å²) in [6.07, 6.45) is 12.5. The van der Waals surface area contributed by atoms with E-state index in [2.05, 4.69) is 24.3 Å². The van der Waals surface area contributed by atoms with Gasteiger partial charge in [-0.15, -0.1) is 0 Å². The van der Waals surface area contributed by atoms with Gasteiger partial charge < -0.3 is 9.84 Å². The molecule has 2 rings (SSSR count). The van der Waals surface area contributed by atoms with Crippen molar-refractivity contribution in [3.05, 3.63) is 47.3 Å². The highest BCUT2D eigenvalue weighted by molar-refractivity contribution is 5.50. The fraction of sp³-hybridized carbons (Fsp3) is 0.333. The molecule has 0 fully saturated rings. The summed E-state index contributed by atoms with van der Waals surface area (Å²) in [5, 5.41) is 8.68. The van der Waals surface area contributed by atoms with Gasteiger partial charge in [0.15, 0.2) is 0 Å². The summed E-state index contributed by atoms with van der Waals surface area (Å²) >= 11 is 0. The molecule has 0 saturated carbocycles. The number of aliphatic hydroxyl groups excluding tert-OH is 1. The van der Waals surface area contributed by atoms with E-state index in [1.165, 1.54) is 11.1 Å². The molecule has 2 heteroatoms. The van der Waals surface area contributed by atoms with Gasteiger partial charge in [-0.25, -0.2) is 0 Å². The van der Waals surface area contributed by atoms with Crippen LogP contribution in [0.2, 0.25) is 0 Å². The summed E-state index contributed by atoms with van der Waals surface area (Å²) in [5.41, 5.74) is 2.51. The maximum Gasteiger partial charge on any atom is 0.123 e. The summed E-state index contributed by atoms with van der Waals surface area (Å²) in [6.45, 7) is 0.444. The smallest absolute Gasteiger partial charge is 0.123 e. The van der Waals surface area contributed by atoms with Gasteiger partial charge in [0.05, 0.1) is 6.61 Å². The van der Waals surface area contributed by atoms with E-state index in [9.17, 15) is 0 Å². The Morgan fingerprint density at radius 2 is 2.21 bits per heavy atom. The van der Waals surface area contributed by atoms with Crippen LogP contribution in [-0.4, -0.2) is 18.3 Å². The fourth-order valence-corrected chi connectivity index (χ4v) is 1.72. The Balaban J connectivity index is 2.12. The molecule has 0 radical (unpaired) electrons. The number of rotatable bonds is 4. The van der Waals surface area contributed by atoms with Crippen molar-refractivity contribution in [3.63, 3.8) is 0 Å². The van der Waals surface area contributed by atoms with Crippen LogP contribution in [0.3, 0.4) is 0 Å². The highest BCUT2D eigenvalue weighted by atomic mass is 16.5. The molecule has 0 saturated heterocycles. The van der Waals surface area contributed by atoms with Crippen LogP contribution in [0, 0.1) is 0 Å².